The fraction of sp³-hybridized carbons (Fsp3) is 0.182. The monoisotopic (exact) mass is 238 g/mol. The number of aromatic nitrogens is 1. The number of hydrogen-bond acceptors (Lipinski definition) is 4. The van der Waals surface area contributed by atoms with Crippen LogP contribution in [-0.2, 0) is 13.1 Å². The highest BCUT2D eigenvalue weighted by molar-refractivity contribution is 6.31. The molecule has 1 aromatic heterocycles. The maximum Gasteiger partial charge on any atom is 0.124 e. The Labute approximate surface area is 97.8 Å². The van der Waals surface area contributed by atoms with E-state index in [2.05, 4.69) is 10.5 Å². The second-order valence-corrected chi connectivity index (χ2v) is 3.74. The quantitative estimate of drug-likeness (QED) is 0.858. The molecule has 0 fully saturated rings. The Bertz CT molecular complexity index is 437. The summed E-state index contributed by atoms with van der Waals surface area (Å²) in [6.07, 6.45) is 1.52. The summed E-state index contributed by atoms with van der Waals surface area (Å²) >= 11 is 5.96. The highest BCUT2D eigenvalue weighted by Gasteiger charge is 2.05. The molecule has 2 N–H and O–H groups in total. The van der Waals surface area contributed by atoms with E-state index in [0.717, 1.165) is 5.69 Å². The van der Waals surface area contributed by atoms with E-state index in [1.807, 2.05) is 0 Å². The largest absolute Gasteiger partial charge is 0.508 e. The highest BCUT2D eigenvalue weighted by atomic mass is 35.5. The molecule has 2 aromatic rings. The zero-order valence-corrected chi connectivity index (χ0v) is 9.24. The van der Waals surface area contributed by atoms with Crippen molar-refractivity contribution in [1.29, 1.82) is 0 Å². The van der Waals surface area contributed by atoms with Gasteiger partial charge in [-0.25, -0.2) is 0 Å². The number of halogens is 1. The Morgan fingerprint density at radius 3 is 2.88 bits per heavy atom. The van der Waals surface area contributed by atoms with E-state index in [4.69, 9.17) is 16.1 Å². The third-order valence-electron chi connectivity index (χ3n) is 2.19. The van der Waals surface area contributed by atoms with Gasteiger partial charge in [-0.15, -0.1) is 0 Å². The molecule has 0 aliphatic rings. The molecule has 2 rings (SSSR count). The lowest BCUT2D eigenvalue weighted by Crippen LogP contribution is -2.13. The summed E-state index contributed by atoms with van der Waals surface area (Å²) in [5, 5.41) is 17.0. The Morgan fingerprint density at radius 1 is 1.31 bits per heavy atom. The second-order valence-electron chi connectivity index (χ2n) is 3.33. The fourth-order valence-corrected chi connectivity index (χ4v) is 1.60. The van der Waals surface area contributed by atoms with Crippen LogP contribution in [0.25, 0.3) is 0 Å². The number of nitrogens with one attached hydrogen (secondary N) is 1. The van der Waals surface area contributed by atoms with Gasteiger partial charge in [0, 0.05) is 29.7 Å². The van der Waals surface area contributed by atoms with Crippen LogP contribution in [0, 0.1) is 0 Å². The maximum absolute atomic E-state index is 9.59. The lowest BCUT2D eigenvalue weighted by Gasteiger charge is -2.07. The number of hydrogen-bond donors (Lipinski definition) is 2. The van der Waals surface area contributed by atoms with E-state index in [0.29, 0.717) is 23.7 Å². The Balaban J connectivity index is 1.95. The molecular formula is C11H11ClN2O2. The molecule has 5 heteroatoms. The van der Waals surface area contributed by atoms with E-state index < -0.39 is 0 Å². The van der Waals surface area contributed by atoms with E-state index in [1.54, 1.807) is 24.3 Å². The number of phenolic OH excluding ortho intramolecular Hbond substituents is 1. The van der Waals surface area contributed by atoms with Gasteiger partial charge in [-0.2, -0.15) is 0 Å². The Morgan fingerprint density at radius 2 is 2.19 bits per heavy atom. The minimum absolute atomic E-state index is 0.195. The smallest absolute Gasteiger partial charge is 0.124 e. The van der Waals surface area contributed by atoms with Crippen molar-refractivity contribution in [2.75, 3.05) is 0 Å². The molecule has 0 aliphatic heterocycles. The van der Waals surface area contributed by atoms with Crippen LogP contribution in [0.15, 0.2) is 35.1 Å². The van der Waals surface area contributed by atoms with Gasteiger partial charge in [0.05, 0.1) is 5.69 Å². The fourth-order valence-electron chi connectivity index (χ4n) is 1.37. The predicted molar refractivity (Wildman–Crippen MR) is 60.2 cm³/mol. The first-order valence-corrected chi connectivity index (χ1v) is 5.21. The van der Waals surface area contributed by atoms with E-state index in [1.165, 1.54) is 6.26 Å². The van der Waals surface area contributed by atoms with Gasteiger partial charge >= 0.3 is 0 Å². The average molecular weight is 239 g/mol. The number of benzene rings is 1. The molecule has 1 heterocycles. The third-order valence-corrected chi connectivity index (χ3v) is 2.55. The molecule has 0 aliphatic carbocycles. The SMILES string of the molecule is Oc1cccc(Cl)c1CNCc1ccon1. The van der Waals surface area contributed by atoms with E-state index in [-0.39, 0.29) is 5.75 Å². The van der Waals surface area contributed by atoms with Gasteiger partial charge in [0.2, 0.25) is 0 Å². The summed E-state index contributed by atoms with van der Waals surface area (Å²) in [7, 11) is 0. The standard InChI is InChI=1S/C11H11ClN2O2/c12-10-2-1-3-11(15)9(10)7-13-6-8-4-5-16-14-8/h1-5,13,15H,6-7H2. The van der Waals surface area contributed by atoms with Crippen molar-refractivity contribution in [3.05, 3.63) is 46.8 Å². The lowest BCUT2D eigenvalue weighted by molar-refractivity contribution is 0.408. The molecule has 4 nitrogen and oxygen atoms in total. The van der Waals surface area contributed by atoms with Crippen LogP contribution in [0.3, 0.4) is 0 Å². The van der Waals surface area contributed by atoms with Crippen molar-refractivity contribution < 1.29 is 9.63 Å². The summed E-state index contributed by atoms with van der Waals surface area (Å²) < 4.78 is 4.70. The van der Waals surface area contributed by atoms with Gasteiger partial charge in [-0.05, 0) is 12.1 Å². The number of aromatic hydroxyl groups is 1. The van der Waals surface area contributed by atoms with Crippen LogP contribution in [0.1, 0.15) is 11.3 Å². The van der Waals surface area contributed by atoms with Crippen molar-refractivity contribution in [3.8, 4) is 5.75 Å². The summed E-state index contributed by atoms with van der Waals surface area (Å²) in [4.78, 5) is 0. The first kappa shape index (κ1) is 11.0. The Kier molecular flexibility index (Phi) is 3.44. The molecule has 0 amide bonds. The van der Waals surface area contributed by atoms with Crippen molar-refractivity contribution in [2.24, 2.45) is 0 Å². The van der Waals surface area contributed by atoms with Crippen LogP contribution in [0.4, 0.5) is 0 Å². The molecule has 84 valence electrons. The summed E-state index contributed by atoms with van der Waals surface area (Å²) in [5.74, 6) is 0.195. The normalized spacial score (nSPS) is 10.6. The molecule has 0 saturated heterocycles. The van der Waals surface area contributed by atoms with Crippen LogP contribution < -0.4 is 5.32 Å². The molecule has 1 aromatic carbocycles. The number of nitrogens with zero attached hydrogens (tertiary/aromatic N) is 1. The van der Waals surface area contributed by atoms with Gasteiger partial charge in [-0.3, -0.25) is 0 Å². The van der Waals surface area contributed by atoms with Crippen LogP contribution in [0.5, 0.6) is 5.75 Å². The van der Waals surface area contributed by atoms with Gasteiger partial charge in [-0.1, -0.05) is 22.8 Å². The summed E-state index contributed by atoms with van der Waals surface area (Å²) in [5.41, 5.74) is 1.50. The van der Waals surface area contributed by atoms with Gasteiger partial charge in [0.15, 0.2) is 0 Å². The highest BCUT2D eigenvalue weighted by Crippen LogP contribution is 2.24. The first-order valence-electron chi connectivity index (χ1n) is 4.83. The average Bonchev–Trinajstić information content (AvgIpc) is 2.75. The minimum atomic E-state index is 0.195. The van der Waals surface area contributed by atoms with Crippen molar-refractivity contribution in [3.63, 3.8) is 0 Å². The van der Waals surface area contributed by atoms with Crippen LogP contribution in [-0.4, -0.2) is 10.3 Å². The van der Waals surface area contributed by atoms with Gasteiger partial charge < -0.3 is 14.9 Å². The van der Waals surface area contributed by atoms with Crippen molar-refractivity contribution in [2.45, 2.75) is 13.1 Å². The molecule has 0 unspecified atom stereocenters. The van der Waals surface area contributed by atoms with E-state index >= 15 is 0 Å². The predicted octanol–water partition coefficient (Wildman–Crippen LogP) is 2.32. The number of rotatable bonds is 4. The number of phenols is 1. The summed E-state index contributed by atoms with van der Waals surface area (Å²) in [6.45, 7) is 1.06. The first-order chi connectivity index (χ1) is 7.77. The summed E-state index contributed by atoms with van der Waals surface area (Å²) in [6, 6.07) is 6.84. The topological polar surface area (TPSA) is 58.3 Å². The van der Waals surface area contributed by atoms with Crippen molar-refractivity contribution >= 4 is 11.6 Å². The minimum Gasteiger partial charge on any atom is -0.508 e. The molecule has 0 spiro atoms. The van der Waals surface area contributed by atoms with Gasteiger partial charge in [0.25, 0.3) is 0 Å². The second kappa shape index (κ2) is 5.01. The molecular weight excluding hydrogens is 228 g/mol. The van der Waals surface area contributed by atoms with Gasteiger partial charge in [0.1, 0.15) is 12.0 Å². The third kappa shape index (κ3) is 2.53. The molecule has 0 saturated carbocycles. The molecule has 16 heavy (non-hydrogen) atoms. The zero-order chi connectivity index (χ0) is 11.4. The van der Waals surface area contributed by atoms with Crippen molar-refractivity contribution in [1.82, 2.24) is 10.5 Å². The molecule has 0 bridgehead atoms. The van der Waals surface area contributed by atoms with Crippen LogP contribution in [0.2, 0.25) is 5.02 Å². The lowest BCUT2D eigenvalue weighted by atomic mass is 10.2. The molecule has 0 radical (unpaired) electrons. The maximum atomic E-state index is 9.59. The van der Waals surface area contributed by atoms with Crippen LogP contribution >= 0.6 is 11.6 Å². The van der Waals surface area contributed by atoms with E-state index in [9.17, 15) is 5.11 Å². The zero-order valence-electron chi connectivity index (χ0n) is 8.48. The Hall–Kier alpha value is -1.52. The molecule has 0 atom stereocenters.